The number of sulfonamides is 1. The molecule has 0 radical (unpaired) electrons. The van der Waals surface area contributed by atoms with Crippen molar-refractivity contribution in [2.45, 2.75) is 36.9 Å². The molecule has 0 bridgehead atoms. The van der Waals surface area contributed by atoms with Crippen LogP contribution in [-0.2, 0) is 16.6 Å². The summed E-state index contributed by atoms with van der Waals surface area (Å²) >= 11 is 0. The summed E-state index contributed by atoms with van der Waals surface area (Å²) in [6, 6.07) is 3.47. The van der Waals surface area contributed by atoms with Gasteiger partial charge in [-0.25, -0.2) is 17.5 Å². The van der Waals surface area contributed by atoms with Crippen LogP contribution < -0.4 is 10.5 Å². The highest BCUT2D eigenvalue weighted by Crippen LogP contribution is 2.22. The lowest BCUT2D eigenvalue weighted by atomic mass is 10.2. The van der Waals surface area contributed by atoms with E-state index in [1.807, 2.05) is 0 Å². The molecule has 0 aliphatic heterocycles. The molecule has 1 rings (SSSR count). The predicted octanol–water partition coefficient (Wildman–Crippen LogP) is 2.30. The fraction of sp³-hybridized carbons (Fsp3) is 0.500. The monoisotopic (exact) mass is 328 g/mol. The number of nitrogens with two attached hydrogens (primary N) is 1. The van der Waals surface area contributed by atoms with Crippen LogP contribution in [0.4, 0.5) is 17.6 Å². The van der Waals surface area contributed by atoms with Crippen molar-refractivity contribution in [3.8, 4) is 0 Å². The highest BCUT2D eigenvalue weighted by molar-refractivity contribution is 7.89. The van der Waals surface area contributed by atoms with Gasteiger partial charge in [-0.3, -0.25) is 0 Å². The molecule has 0 saturated heterocycles. The van der Waals surface area contributed by atoms with Gasteiger partial charge in [-0.05, 0) is 30.5 Å². The molecule has 0 heterocycles. The zero-order valence-corrected chi connectivity index (χ0v) is 11.9. The fourth-order valence-corrected chi connectivity index (χ4v) is 2.76. The molecule has 3 N–H and O–H groups in total. The van der Waals surface area contributed by atoms with Crippen LogP contribution in [0.3, 0.4) is 0 Å². The van der Waals surface area contributed by atoms with Crippen LogP contribution in [0.1, 0.15) is 24.8 Å². The number of alkyl halides is 3. The summed E-state index contributed by atoms with van der Waals surface area (Å²) in [5.74, 6) is -0.944. The molecule has 0 saturated carbocycles. The van der Waals surface area contributed by atoms with Gasteiger partial charge >= 0.3 is 6.18 Å². The molecule has 120 valence electrons. The first kappa shape index (κ1) is 17.9. The second kappa shape index (κ2) is 7.19. The Morgan fingerprint density at radius 1 is 1.19 bits per heavy atom. The maximum Gasteiger partial charge on any atom is 0.389 e. The molecule has 1 aromatic carbocycles. The summed E-state index contributed by atoms with van der Waals surface area (Å²) in [6.07, 6.45) is -5.42. The smallest absolute Gasteiger partial charge is 0.326 e. The molecule has 9 heteroatoms. The minimum absolute atomic E-state index is 0.0151. The number of unbranched alkanes of at least 4 members (excludes halogenated alkanes) is 1. The lowest BCUT2D eigenvalue weighted by molar-refractivity contribution is -0.135. The zero-order valence-electron chi connectivity index (χ0n) is 11.1. The number of halogens is 4. The SMILES string of the molecule is NCc1ccc(S(=O)(=O)NCCCCC(F)(F)F)c(F)c1. The van der Waals surface area contributed by atoms with Crippen molar-refractivity contribution in [3.05, 3.63) is 29.6 Å². The van der Waals surface area contributed by atoms with Crippen molar-refractivity contribution in [1.29, 1.82) is 0 Å². The maximum absolute atomic E-state index is 13.6. The summed E-state index contributed by atoms with van der Waals surface area (Å²) in [7, 11) is -4.08. The van der Waals surface area contributed by atoms with E-state index in [2.05, 4.69) is 4.72 Å². The molecule has 0 aliphatic carbocycles. The number of benzene rings is 1. The first-order valence-electron chi connectivity index (χ1n) is 6.20. The Labute approximate surface area is 120 Å². The lowest BCUT2D eigenvalue weighted by Gasteiger charge is -2.09. The van der Waals surface area contributed by atoms with E-state index in [0.717, 1.165) is 12.1 Å². The van der Waals surface area contributed by atoms with Gasteiger partial charge in [0.1, 0.15) is 10.7 Å². The van der Waals surface area contributed by atoms with Gasteiger partial charge in [0, 0.05) is 19.5 Å². The molecule has 0 aromatic heterocycles. The molecule has 1 aromatic rings. The Bertz CT molecular complexity index is 573. The van der Waals surface area contributed by atoms with Crippen molar-refractivity contribution in [2.24, 2.45) is 5.73 Å². The Kier molecular flexibility index (Phi) is 6.11. The van der Waals surface area contributed by atoms with Crippen LogP contribution in [0.5, 0.6) is 0 Å². The molecule has 0 unspecified atom stereocenters. The van der Waals surface area contributed by atoms with Crippen LogP contribution in [0.25, 0.3) is 0 Å². The normalized spacial score (nSPS) is 12.6. The van der Waals surface area contributed by atoms with E-state index in [0.29, 0.717) is 5.56 Å². The van der Waals surface area contributed by atoms with Crippen molar-refractivity contribution in [1.82, 2.24) is 4.72 Å². The Morgan fingerprint density at radius 2 is 1.86 bits per heavy atom. The standard InChI is InChI=1S/C12H16F4N2O2S/c13-10-7-9(8-17)3-4-11(10)21(19,20)18-6-2-1-5-12(14,15)16/h3-4,7,18H,1-2,5-6,8,17H2. The summed E-state index contributed by atoms with van der Waals surface area (Å²) in [5.41, 5.74) is 5.74. The third-order valence-corrected chi connectivity index (χ3v) is 4.19. The first-order chi connectivity index (χ1) is 9.65. The Hall–Kier alpha value is -1.19. The molecule has 4 nitrogen and oxygen atoms in total. The highest BCUT2D eigenvalue weighted by Gasteiger charge is 2.26. The summed E-state index contributed by atoms with van der Waals surface area (Å²) < 4.78 is 75.1. The van der Waals surface area contributed by atoms with Gasteiger partial charge in [-0.15, -0.1) is 0 Å². The number of rotatable bonds is 7. The molecule has 0 atom stereocenters. The Morgan fingerprint density at radius 3 is 2.38 bits per heavy atom. The number of nitrogens with one attached hydrogen (secondary N) is 1. The zero-order chi connectivity index (χ0) is 16.1. The largest absolute Gasteiger partial charge is 0.389 e. The average Bonchev–Trinajstić information content (AvgIpc) is 2.36. The number of hydrogen-bond donors (Lipinski definition) is 2. The second-order valence-corrected chi connectivity index (χ2v) is 6.17. The van der Waals surface area contributed by atoms with Crippen LogP contribution in [-0.4, -0.2) is 21.1 Å². The molecular formula is C12H16F4N2O2S. The predicted molar refractivity (Wildman–Crippen MR) is 69.4 cm³/mol. The van der Waals surface area contributed by atoms with E-state index in [1.54, 1.807) is 0 Å². The van der Waals surface area contributed by atoms with Crippen molar-refractivity contribution < 1.29 is 26.0 Å². The van der Waals surface area contributed by atoms with Gasteiger partial charge in [0.15, 0.2) is 0 Å². The van der Waals surface area contributed by atoms with E-state index in [9.17, 15) is 26.0 Å². The van der Waals surface area contributed by atoms with E-state index in [1.165, 1.54) is 6.07 Å². The molecule has 0 aliphatic rings. The van der Waals surface area contributed by atoms with Crippen molar-refractivity contribution >= 4 is 10.0 Å². The van der Waals surface area contributed by atoms with E-state index in [-0.39, 0.29) is 25.9 Å². The summed E-state index contributed by atoms with van der Waals surface area (Å²) in [5, 5.41) is 0. The van der Waals surface area contributed by atoms with E-state index >= 15 is 0 Å². The highest BCUT2D eigenvalue weighted by atomic mass is 32.2. The van der Waals surface area contributed by atoms with Gasteiger partial charge in [-0.2, -0.15) is 13.2 Å². The van der Waals surface area contributed by atoms with Gasteiger partial charge in [0.05, 0.1) is 0 Å². The molecule has 0 spiro atoms. The van der Waals surface area contributed by atoms with Gasteiger partial charge < -0.3 is 5.73 Å². The van der Waals surface area contributed by atoms with Crippen molar-refractivity contribution in [2.75, 3.05) is 6.54 Å². The topological polar surface area (TPSA) is 72.2 Å². The lowest BCUT2D eigenvalue weighted by Crippen LogP contribution is -2.26. The van der Waals surface area contributed by atoms with E-state index in [4.69, 9.17) is 5.73 Å². The quantitative estimate of drug-likeness (QED) is 0.596. The molecular weight excluding hydrogens is 312 g/mol. The van der Waals surface area contributed by atoms with Crippen LogP contribution in [0, 0.1) is 5.82 Å². The minimum Gasteiger partial charge on any atom is -0.326 e. The van der Waals surface area contributed by atoms with Crippen LogP contribution in [0.15, 0.2) is 23.1 Å². The second-order valence-electron chi connectivity index (χ2n) is 4.44. The molecule has 0 amide bonds. The average molecular weight is 328 g/mol. The Balaban J connectivity index is 2.58. The first-order valence-corrected chi connectivity index (χ1v) is 7.69. The number of hydrogen-bond acceptors (Lipinski definition) is 3. The van der Waals surface area contributed by atoms with E-state index < -0.39 is 33.3 Å². The maximum atomic E-state index is 13.6. The minimum atomic E-state index is -4.26. The molecule has 0 fully saturated rings. The van der Waals surface area contributed by atoms with Crippen LogP contribution in [0.2, 0.25) is 0 Å². The van der Waals surface area contributed by atoms with Crippen molar-refractivity contribution in [3.63, 3.8) is 0 Å². The third-order valence-electron chi connectivity index (χ3n) is 2.70. The van der Waals surface area contributed by atoms with Crippen LogP contribution >= 0.6 is 0 Å². The summed E-state index contributed by atoms with van der Waals surface area (Å²) in [6.45, 7) is -0.112. The third kappa shape index (κ3) is 5.98. The molecule has 21 heavy (non-hydrogen) atoms. The van der Waals surface area contributed by atoms with Gasteiger partial charge in [0.2, 0.25) is 10.0 Å². The fourth-order valence-electron chi connectivity index (χ4n) is 1.62. The summed E-state index contributed by atoms with van der Waals surface area (Å²) in [4.78, 5) is -0.546. The van der Waals surface area contributed by atoms with Gasteiger partial charge in [-0.1, -0.05) is 6.07 Å². The van der Waals surface area contributed by atoms with Gasteiger partial charge in [0.25, 0.3) is 0 Å².